The van der Waals surface area contributed by atoms with Gasteiger partial charge in [-0.1, -0.05) is 13.8 Å². The molecule has 2 amide bonds. The third-order valence-corrected chi connectivity index (χ3v) is 3.40. The van der Waals surface area contributed by atoms with E-state index < -0.39 is 0 Å². The highest BCUT2D eigenvalue weighted by Crippen LogP contribution is 2.23. The molecular weight excluding hydrogens is 204 g/mol. The molecule has 1 unspecified atom stereocenters. The normalized spacial score (nSPS) is 27.2. The summed E-state index contributed by atoms with van der Waals surface area (Å²) >= 11 is 0. The van der Waals surface area contributed by atoms with Crippen molar-refractivity contribution in [1.82, 2.24) is 10.6 Å². The maximum Gasteiger partial charge on any atom is 0.315 e. The zero-order valence-electron chi connectivity index (χ0n) is 10.3. The van der Waals surface area contributed by atoms with Gasteiger partial charge in [0.05, 0.1) is 12.6 Å². The van der Waals surface area contributed by atoms with E-state index in [4.69, 9.17) is 5.11 Å². The lowest BCUT2D eigenvalue weighted by Gasteiger charge is -2.27. The summed E-state index contributed by atoms with van der Waals surface area (Å²) in [6, 6.07) is 0.0513. The molecule has 16 heavy (non-hydrogen) atoms. The zero-order chi connectivity index (χ0) is 12.0. The van der Waals surface area contributed by atoms with Crippen molar-refractivity contribution >= 4 is 6.03 Å². The number of aliphatic hydroxyl groups is 1. The molecule has 0 aliphatic heterocycles. The molecule has 0 heterocycles. The number of carbonyl (C=O) groups is 1. The Morgan fingerprint density at radius 1 is 1.38 bits per heavy atom. The van der Waals surface area contributed by atoms with Crippen LogP contribution >= 0.6 is 0 Å². The Morgan fingerprint density at radius 2 is 2.00 bits per heavy atom. The molecule has 1 aliphatic carbocycles. The van der Waals surface area contributed by atoms with Gasteiger partial charge < -0.3 is 15.7 Å². The summed E-state index contributed by atoms with van der Waals surface area (Å²) in [5, 5.41) is 14.7. The second kappa shape index (κ2) is 6.74. The van der Waals surface area contributed by atoms with Crippen molar-refractivity contribution in [3.63, 3.8) is 0 Å². The Kier molecular flexibility index (Phi) is 5.60. The molecule has 0 bridgehead atoms. The molecule has 94 valence electrons. The first-order valence-electron chi connectivity index (χ1n) is 6.33. The number of carbonyl (C=O) groups excluding carboxylic acids is 1. The van der Waals surface area contributed by atoms with Gasteiger partial charge in [-0.2, -0.15) is 0 Å². The molecule has 4 heteroatoms. The van der Waals surface area contributed by atoms with E-state index in [0.717, 1.165) is 25.2 Å². The van der Waals surface area contributed by atoms with E-state index in [1.165, 1.54) is 12.8 Å². The van der Waals surface area contributed by atoms with Crippen LogP contribution in [0.15, 0.2) is 0 Å². The first kappa shape index (κ1) is 13.3. The maximum absolute atomic E-state index is 11.6. The van der Waals surface area contributed by atoms with Gasteiger partial charge in [0.1, 0.15) is 0 Å². The summed E-state index contributed by atoms with van der Waals surface area (Å²) in [5.74, 6) is 0.793. The van der Waals surface area contributed by atoms with Crippen molar-refractivity contribution in [3.05, 3.63) is 0 Å². The Morgan fingerprint density at radius 3 is 2.50 bits per heavy atom. The van der Waals surface area contributed by atoms with Crippen LogP contribution in [0.2, 0.25) is 0 Å². The predicted octanol–water partition coefficient (Wildman–Crippen LogP) is 1.64. The summed E-state index contributed by atoms with van der Waals surface area (Å²) < 4.78 is 0. The van der Waals surface area contributed by atoms with Crippen LogP contribution in [0.3, 0.4) is 0 Å². The van der Waals surface area contributed by atoms with E-state index in [2.05, 4.69) is 17.6 Å². The fourth-order valence-corrected chi connectivity index (χ4v) is 2.09. The third kappa shape index (κ3) is 4.39. The minimum Gasteiger partial charge on any atom is -0.394 e. The molecule has 0 aromatic heterocycles. The van der Waals surface area contributed by atoms with Crippen molar-refractivity contribution in [2.75, 3.05) is 6.61 Å². The SMILES string of the molecule is CCC(CO)NC(=O)NC1CCC(C)CC1. The lowest BCUT2D eigenvalue weighted by Crippen LogP contribution is -2.48. The number of amides is 2. The van der Waals surface area contributed by atoms with Gasteiger partial charge in [0.15, 0.2) is 0 Å². The summed E-state index contributed by atoms with van der Waals surface area (Å²) in [4.78, 5) is 11.6. The molecule has 0 saturated heterocycles. The number of hydrogen-bond donors (Lipinski definition) is 3. The van der Waals surface area contributed by atoms with Crippen LogP contribution in [0.1, 0.15) is 46.0 Å². The molecule has 1 aliphatic rings. The maximum atomic E-state index is 11.6. The highest BCUT2D eigenvalue weighted by Gasteiger charge is 2.20. The average Bonchev–Trinajstić information content (AvgIpc) is 2.29. The fraction of sp³-hybridized carbons (Fsp3) is 0.917. The first-order chi connectivity index (χ1) is 7.65. The number of hydrogen-bond acceptors (Lipinski definition) is 2. The quantitative estimate of drug-likeness (QED) is 0.685. The minimum absolute atomic E-state index is 0.00558. The monoisotopic (exact) mass is 228 g/mol. The molecule has 0 radical (unpaired) electrons. The van der Waals surface area contributed by atoms with Crippen LogP contribution in [0.4, 0.5) is 4.79 Å². The van der Waals surface area contributed by atoms with Crippen molar-refractivity contribution in [2.24, 2.45) is 5.92 Å². The average molecular weight is 228 g/mol. The van der Waals surface area contributed by atoms with Crippen LogP contribution in [0, 0.1) is 5.92 Å². The topological polar surface area (TPSA) is 61.4 Å². The molecule has 1 fully saturated rings. The summed E-state index contributed by atoms with van der Waals surface area (Å²) in [6.07, 6.45) is 5.30. The van der Waals surface area contributed by atoms with Crippen LogP contribution in [-0.2, 0) is 0 Å². The lowest BCUT2D eigenvalue weighted by molar-refractivity contribution is 0.207. The highest BCUT2D eigenvalue weighted by molar-refractivity contribution is 5.74. The van der Waals surface area contributed by atoms with E-state index in [0.29, 0.717) is 6.04 Å². The number of rotatable bonds is 4. The van der Waals surface area contributed by atoms with Crippen molar-refractivity contribution in [3.8, 4) is 0 Å². The molecule has 3 N–H and O–H groups in total. The molecule has 1 atom stereocenters. The smallest absolute Gasteiger partial charge is 0.315 e. The van der Waals surface area contributed by atoms with Crippen molar-refractivity contribution in [1.29, 1.82) is 0 Å². The van der Waals surface area contributed by atoms with Gasteiger partial charge in [0, 0.05) is 6.04 Å². The van der Waals surface area contributed by atoms with Gasteiger partial charge in [-0.25, -0.2) is 4.79 Å². The van der Waals surface area contributed by atoms with Crippen molar-refractivity contribution in [2.45, 2.75) is 58.0 Å². The van der Waals surface area contributed by atoms with Crippen LogP contribution < -0.4 is 10.6 Å². The number of aliphatic hydroxyl groups excluding tert-OH is 1. The van der Waals surface area contributed by atoms with Gasteiger partial charge in [-0.05, 0) is 38.0 Å². The number of nitrogens with one attached hydrogen (secondary N) is 2. The summed E-state index contributed by atoms with van der Waals surface area (Å²) in [5.41, 5.74) is 0. The Bertz CT molecular complexity index is 209. The van der Waals surface area contributed by atoms with E-state index in [1.807, 2.05) is 6.92 Å². The standard InChI is InChI=1S/C12H24N2O2/c1-3-10(8-15)13-12(16)14-11-6-4-9(2)5-7-11/h9-11,15H,3-8H2,1-2H3,(H2,13,14,16). The van der Waals surface area contributed by atoms with E-state index in [-0.39, 0.29) is 18.7 Å². The van der Waals surface area contributed by atoms with E-state index in [1.54, 1.807) is 0 Å². The Labute approximate surface area is 97.8 Å². The second-order valence-electron chi connectivity index (χ2n) is 4.86. The molecule has 0 spiro atoms. The van der Waals surface area contributed by atoms with E-state index >= 15 is 0 Å². The van der Waals surface area contributed by atoms with Crippen molar-refractivity contribution < 1.29 is 9.90 Å². The zero-order valence-corrected chi connectivity index (χ0v) is 10.3. The lowest BCUT2D eigenvalue weighted by atomic mass is 9.87. The van der Waals surface area contributed by atoms with Gasteiger partial charge in [-0.3, -0.25) is 0 Å². The van der Waals surface area contributed by atoms with Gasteiger partial charge >= 0.3 is 6.03 Å². The largest absolute Gasteiger partial charge is 0.394 e. The summed E-state index contributed by atoms with van der Waals surface area (Å²) in [7, 11) is 0. The van der Waals surface area contributed by atoms with Gasteiger partial charge in [0.2, 0.25) is 0 Å². The van der Waals surface area contributed by atoms with Gasteiger partial charge in [-0.15, -0.1) is 0 Å². The van der Waals surface area contributed by atoms with Crippen LogP contribution in [0.25, 0.3) is 0 Å². The molecule has 0 aromatic carbocycles. The van der Waals surface area contributed by atoms with Crippen LogP contribution in [-0.4, -0.2) is 29.8 Å². The Balaban J connectivity index is 2.23. The second-order valence-corrected chi connectivity index (χ2v) is 4.86. The third-order valence-electron chi connectivity index (χ3n) is 3.40. The first-order valence-corrected chi connectivity index (χ1v) is 6.33. The highest BCUT2D eigenvalue weighted by atomic mass is 16.3. The summed E-state index contributed by atoms with van der Waals surface area (Å²) in [6.45, 7) is 4.21. The van der Waals surface area contributed by atoms with E-state index in [9.17, 15) is 4.79 Å². The van der Waals surface area contributed by atoms with Crippen LogP contribution in [0.5, 0.6) is 0 Å². The number of urea groups is 1. The minimum atomic E-state index is -0.138. The van der Waals surface area contributed by atoms with Gasteiger partial charge in [0.25, 0.3) is 0 Å². The molecule has 1 saturated carbocycles. The predicted molar refractivity (Wildman–Crippen MR) is 64.3 cm³/mol. The Hall–Kier alpha value is -0.770. The molecular formula is C12H24N2O2. The fourth-order valence-electron chi connectivity index (χ4n) is 2.09. The molecule has 1 rings (SSSR count). The molecule has 0 aromatic rings. The molecule has 4 nitrogen and oxygen atoms in total.